The Balaban J connectivity index is 6.40. The van der Waals surface area contributed by atoms with E-state index in [0.29, 0.717) is 6.92 Å². The van der Waals surface area contributed by atoms with E-state index in [1.807, 2.05) is 0 Å². The molecule has 0 rings (SSSR count). The highest BCUT2D eigenvalue weighted by Crippen LogP contribution is 2.64. The average molecular weight is 482 g/mol. The van der Waals surface area contributed by atoms with Gasteiger partial charge in [-0.2, -0.15) is 61.5 Å². The first kappa shape index (κ1) is 28.2. The van der Waals surface area contributed by atoms with Gasteiger partial charge in [-0.15, -0.1) is 0 Å². The third-order valence-corrected chi connectivity index (χ3v) is 3.71. The van der Waals surface area contributed by atoms with Crippen molar-refractivity contribution in [3.63, 3.8) is 0 Å². The molecule has 0 saturated heterocycles. The van der Waals surface area contributed by atoms with Gasteiger partial charge in [0.15, 0.2) is 0 Å². The lowest BCUT2D eigenvalue weighted by Gasteiger charge is -2.43. The SMILES string of the molecule is CC(=CCCC(F)(F)C(F)(F)C(F)(F)C(F)(F)C(F)(C(F)(F)F)C(F)(F)F)C(=O)O. The molecular weight excluding hydrogens is 473 g/mol. The molecule has 0 spiro atoms. The lowest BCUT2D eigenvalue weighted by Crippen LogP contribution is -2.75. The third kappa shape index (κ3) is 4.15. The van der Waals surface area contributed by atoms with Crippen LogP contribution in [0.5, 0.6) is 0 Å². The van der Waals surface area contributed by atoms with E-state index in [-0.39, 0.29) is 6.08 Å². The van der Waals surface area contributed by atoms with Crippen molar-refractivity contribution in [1.82, 2.24) is 0 Å². The quantitative estimate of drug-likeness (QED) is 0.332. The van der Waals surface area contributed by atoms with Gasteiger partial charge >= 0.3 is 47.7 Å². The van der Waals surface area contributed by atoms with E-state index in [0.717, 1.165) is 0 Å². The van der Waals surface area contributed by atoms with Crippen LogP contribution in [-0.2, 0) is 4.79 Å². The maximum absolute atomic E-state index is 13.4. The first-order valence-electron chi connectivity index (χ1n) is 7.06. The molecule has 2 nitrogen and oxygen atoms in total. The predicted molar refractivity (Wildman–Crippen MR) is 66.4 cm³/mol. The fraction of sp³-hybridized carbons (Fsp3) is 0.769. The first-order valence-corrected chi connectivity index (χ1v) is 7.06. The summed E-state index contributed by atoms with van der Waals surface area (Å²) in [5, 5.41) is 8.37. The maximum atomic E-state index is 13.4. The van der Waals surface area contributed by atoms with Crippen LogP contribution in [0.3, 0.4) is 0 Å². The lowest BCUT2D eigenvalue weighted by molar-refractivity contribution is -0.457. The highest BCUT2D eigenvalue weighted by atomic mass is 19.4. The van der Waals surface area contributed by atoms with E-state index in [2.05, 4.69) is 0 Å². The highest BCUT2D eigenvalue weighted by molar-refractivity contribution is 5.85. The van der Waals surface area contributed by atoms with Gasteiger partial charge in [0.1, 0.15) is 0 Å². The number of alkyl halides is 15. The van der Waals surface area contributed by atoms with Gasteiger partial charge in [-0.1, -0.05) is 6.08 Å². The van der Waals surface area contributed by atoms with Crippen LogP contribution in [0.1, 0.15) is 19.8 Å². The fourth-order valence-electron chi connectivity index (χ4n) is 1.87. The number of hydrogen-bond acceptors (Lipinski definition) is 1. The zero-order chi connectivity index (χ0) is 24.8. The predicted octanol–water partition coefficient (Wildman–Crippen LogP) is 6.17. The molecule has 0 aromatic carbocycles. The van der Waals surface area contributed by atoms with Crippen molar-refractivity contribution in [3.8, 4) is 0 Å². The van der Waals surface area contributed by atoms with Crippen LogP contribution < -0.4 is 0 Å². The van der Waals surface area contributed by atoms with E-state index in [1.54, 1.807) is 0 Å². The molecule has 0 atom stereocenters. The van der Waals surface area contributed by atoms with Crippen LogP contribution in [0.2, 0.25) is 0 Å². The monoisotopic (exact) mass is 482 g/mol. The Morgan fingerprint density at radius 3 is 1.37 bits per heavy atom. The molecule has 1 N–H and O–H groups in total. The largest absolute Gasteiger partial charge is 0.478 e. The van der Waals surface area contributed by atoms with Crippen LogP contribution in [0, 0.1) is 0 Å². The van der Waals surface area contributed by atoms with E-state index in [4.69, 9.17) is 5.11 Å². The molecule has 17 heteroatoms. The van der Waals surface area contributed by atoms with E-state index in [1.165, 1.54) is 0 Å². The van der Waals surface area contributed by atoms with E-state index >= 15 is 0 Å². The molecule has 0 bridgehead atoms. The van der Waals surface area contributed by atoms with Crippen molar-refractivity contribution < 1.29 is 75.8 Å². The summed E-state index contributed by atoms with van der Waals surface area (Å²) in [5.74, 6) is -32.5. The minimum atomic E-state index is -8.45. The van der Waals surface area contributed by atoms with Crippen molar-refractivity contribution in [2.45, 2.75) is 61.5 Å². The molecule has 0 aromatic heterocycles. The molecule has 30 heavy (non-hydrogen) atoms. The van der Waals surface area contributed by atoms with Gasteiger partial charge < -0.3 is 5.11 Å². The van der Waals surface area contributed by atoms with Crippen molar-refractivity contribution in [2.24, 2.45) is 0 Å². The van der Waals surface area contributed by atoms with Crippen molar-refractivity contribution >= 4 is 5.97 Å². The molecule has 0 aliphatic heterocycles. The summed E-state index contributed by atoms with van der Waals surface area (Å²) in [7, 11) is 0. The number of carbonyl (C=O) groups is 1. The van der Waals surface area contributed by atoms with Crippen LogP contribution in [0.15, 0.2) is 11.6 Å². The lowest BCUT2D eigenvalue weighted by atomic mass is 9.85. The Kier molecular flexibility index (Phi) is 7.22. The molecule has 0 saturated carbocycles. The standard InChI is InChI=1S/C13H9F15O2/c1-5(6(29)30)3-2-4-7(14,15)9(17,18)11(21,22)10(19,20)8(16,12(23,24)25)13(26,27)28/h3H,2,4H2,1H3,(H,29,30). The molecular formula is C13H9F15O2. The van der Waals surface area contributed by atoms with Gasteiger partial charge in [0, 0.05) is 12.0 Å². The summed E-state index contributed by atoms with van der Waals surface area (Å²) in [6.45, 7) is 0.686. The van der Waals surface area contributed by atoms with Crippen molar-refractivity contribution in [2.75, 3.05) is 0 Å². The van der Waals surface area contributed by atoms with Crippen LogP contribution in [0.25, 0.3) is 0 Å². The van der Waals surface area contributed by atoms with E-state index < -0.39 is 66.1 Å². The summed E-state index contributed by atoms with van der Waals surface area (Å²) in [4.78, 5) is 10.4. The van der Waals surface area contributed by atoms with Gasteiger partial charge in [-0.05, 0) is 13.3 Å². The van der Waals surface area contributed by atoms with Gasteiger partial charge in [-0.3, -0.25) is 0 Å². The molecule has 0 aliphatic rings. The Morgan fingerprint density at radius 1 is 0.700 bits per heavy atom. The van der Waals surface area contributed by atoms with Gasteiger partial charge in [0.25, 0.3) is 0 Å². The second-order valence-corrected chi connectivity index (χ2v) is 5.81. The Labute approximate surface area is 156 Å². The number of rotatable bonds is 8. The van der Waals surface area contributed by atoms with Crippen LogP contribution >= 0.6 is 0 Å². The van der Waals surface area contributed by atoms with Crippen molar-refractivity contribution in [3.05, 3.63) is 11.6 Å². The Hall–Kier alpha value is -1.84. The molecule has 0 amide bonds. The number of carboxylic acids is 1. The molecule has 0 heterocycles. The minimum absolute atomic E-state index is 0.202. The first-order chi connectivity index (χ1) is 12.8. The number of aliphatic carboxylic acids is 1. The third-order valence-electron chi connectivity index (χ3n) is 3.71. The number of hydrogen-bond donors (Lipinski definition) is 1. The topological polar surface area (TPSA) is 37.3 Å². The van der Waals surface area contributed by atoms with E-state index in [9.17, 15) is 70.7 Å². The molecule has 0 aliphatic carbocycles. The average Bonchev–Trinajstić information content (AvgIpc) is 2.50. The molecule has 0 unspecified atom stereocenters. The number of allylic oxidation sites excluding steroid dienone is 1. The fourth-order valence-corrected chi connectivity index (χ4v) is 1.87. The second-order valence-electron chi connectivity index (χ2n) is 5.81. The highest BCUT2D eigenvalue weighted by Gasteiger charge is 2.95. The zero-order valence-electron chi connectivity index (χ0n) is 14.0. The zero-order valence-corrected chi connectivity index (χ0v) is 14.0. The molecule has 0 radical (unpaired) electrons. The molecule has 0 fully saturated rings. The maximum Gasteiger partial charge on any atom is 0.438 e. The van der Waals surface area contributed by atoms with Crippen LogP contribution in [0.4, 0.5) is 65.9 Å². The van der Waals surface area contributed by atoms with Crippen molar-refractivity contribution in [1.29, 1.82) is 0 Å². The Bertz CT molecular complexity index is 657. The summed E-state index contributed by atoms with van der Waals surface area (Å²) in [6, 6.07) is 0. The van der Waals surface area contributed by atoms with Gasteiger partial charge in [0.2, 0.25) is 0 Å². The summed E-state index contributed by atoms with van der Waals surface area (Å²) in [5.41, 5.74) is -9.15. The van der Waals surface area contributed by atoms with Crippen LogP contribution in [-0.4, -0.2) is 52.8 Å². The normalized spacial score (nSPS) is 16.1. The van der Waals surface area contributed by atoms with Gasteiger partial charge in [0.05, 0.1) is 0 Å². The second kappa shape index (κ2) is 7.69. The summed E-state index contributed by atoms with van der Waals surface area (Å²) in [6.07, 6.45) is -19.9. The summed E-state index contributed by atoms with van der Waals surface area (Å²) < 4.78 is 194. The minimum Gasteiger partial charge on any atom is -0.478 e. The molecule has 0 aromatic rings. The van der Waals surface area contributed by atoms with Gasteiger partial charge in [-0.25, -0.2) is 9.18 Å². The smallest absolute Gasteiger partial charge is 0.438 e. The summed E-state index contributed by atoms with van der Waals surface area (Å²) >= 11 is 0. The molecule has 178 valence electrons. The Morgan fingerprint density at radius 2 is 1.07 bits per heavy atom. The number of carboxylic acid groups (broad SMARTS) is 1. The number of halogens is 15.